The summed E-state index contributed by atoms with van der Waals surface area (Å²) in [6.45, 7) is 5.09. The van der Waals surface area contributed by atoms with Crippen molar-refractivity contribution in [2.45, 2.75) is 193 Å². The Morgan fingerprint density at radius 1 is 0.564 bits per heavy atom. The fraction of sp³-hybridized carbons (Fsp3) is 0.861. The van der Waals surface area contributed by atoms with Crippen LogP contribution in [0.3, 0.4) is 0 Å². The molecular weight excluding hydrogens is 480 g/mol. The van der Waals surface area contributed by atoms with Crippen LogP contribution in [-0.2, 0) is 9.53 Å². The van der Waals surface area contributed by atoms with E-state index in [0.717, 1.165) is 44.9 Å². The van der Waals surface area contributed by atoms with E-state index in [2.05, 4.69) is 38.2 Å². The molecule has 0 aliphatic carbocycles. The summed E-state index contributed by atoms with van der Waals surface area (Å²) in [6, 6.07) is 0. The first-order valence-electron chi connectivity index (χ1n) is 17.3. The number of esters is 1. The molecule has 0 aromatic heterocycles. The van der Waals surface area contributed by atoms with Gasteiger partial charge in [-0.05, 0) is 64.2 Å². The number of aliphatic hydroxyl groups is 1. The third kappa shape index (κ3) is 33.0. The first kappa shape index (κ1) is 37.9. The second kappa shape index (κ2) is 33.1. The van der Waals surface area contributed by atoms with Gasteiger partial charge in [0, 0.05) is 6.42 Å². The van der Waals surface area contributed by atoms with Crippen molar-refractivity contribution in [1.29, 1.82) is 0 Å². The Balaban J connectivity index is 3.29. The highest BCUT2D eigenvalue weighted by atomic mass is 16.5. The Kier molecular flexibility index (Phi) is 32.2. The van der Waals surface area contributed by atoms with Crippen molar-refractivity contribution in [3.63, 3.8) is 0 Å². The number of allylic oxidation sites excluding steroid dienone is 3. The van der Waals surface area contributed by atoms with Crippen molar-refractivity contribution < 1.29 is 14.6 Å². The van der Waals surface area contributed by atoms with E-state index in [9.17, 15) is 9.90 Å². The third-order valence-electron chi connectivity index (χ3n) is 7.64. The maximum absolute atomic E-state index is 11.9. The fourth-order valence-corrected chi connectivity index (χ4v) is 4.97. The zero-order valence-electron chi connectivity index (χ0n) is 26.4. The molecule has 230 valence electrons. The summed E-state index contributed by atoms with van der Waals surface area (Å²) in [7, 11) is 0. The molecule has 0 heterocycles. The maximum atomic E-state index is 11.9. The molecule has 0 saturated carbocycles. The molecular formula is C36H68O3. The zero-order valence-corrected chi connectivity index (χ0v) is 26.4. The predicted molar refractivity (Wildman–Crippen MR) is 171 cm³/mol. The molecule has 0 unspecified atom stereocenters. The van der Waals surface area contributed by atoms with Crippen molar-refractivity contribution in [1.82, 2.24) is 0 Å². The van der Waals surface area contributed by atoms with Gasteiger partial charge in [0.1, 0.15) is 0 Å². The number of carbonyl (C=O) groups excluding carboxylic acids is 1. The third-order valence-corrected chi connectivity index (χ3v) is 7.64. The van der Waals surface area contributed by atoms with Crippen LogP contribution in [0.2, 0.25) is 0 Å². The summed E-state index contributed by atoms with van der Waals surface area (Å²) in [5.41, 5.74) is 0. The molecule has 0 radical (unpaired) electrons. The standard InChI is InChI=1S/C36H68O3/c1-3-5-7-9-10-11-12-13-14-15-16-17-20-23-26-30-34-39-36(38)33-29-25-22-19-18-21-24-28-32-35(37)31-27-8-6-4-2/h13-14,24,28,35,37H,3-12,15-23,25-27,29-34H2,1-2H3/b14-13-,28-24-/t35-/m1/s1. The molecule has 3 nitrogen and oxygen atoms in total. The number of aliphatic hydroxyl groups excluding tert-OH is 1. The minimum absolute atomic E-state index is 0.0149. The van der Waals surface area contributed by atoms with Gasteiger partial charge in [0.15, 0.2) is 0 Å². The summed E-state index contributed by atoms with van der Waals surface area (Å²) in [4.78, 5) is 11.9. The van der Waals surface area contributed by atoms with Gasteiger partial charge in [0.05, 0.1) is 12.7 Å². The van der Waals surface area contributed by atoms with Crippen LogP contribution in [0.25, 0.3) is 0 Å². The van der Waals surface area contributed by atoms with Crippen molar-refractivity contribution in [2.75, 3.05) is 6.61 Å². The number of carbonyl (C=O) groups is 1. The van der Waals surface area contributed by atoms with Gasteiger partial charge in [-0.2, -0.15) is 0 Å². The molecule has 39 heavy (non-hydrogen) atoms. The smallest absolute Gasteiger partial charge is 0.305 e. The van der Waals surface area contributed by atoms with Gasteiger partial charge >= 0.3 is 5.97 Å². The van der Waals surface area contributed by atoms with Crippen LogP contribution in [0.15, 0.2) is 24.3 Å². The normalized spacial score (nSPS) is 12.6. The number of unbranched alkanes of at least 4 members (excludes halogenated alkanes) is 20. The molecule has 0 aromatic rings. The number of rotatable bonds is 31. The Morgan fingerprint density at radius 3 is 1.56 bits per heavy atom. The van der Waals surface area contributed by atoms with Crippen LogP contribution in [0.4, 0.5) is 0 Å². The summed E-state index contributed by atoms with van der Waals surface area (Å²) in [6.07, 6.45) is 41.1. The Morgan fingerprint density at radius 2 is 1.00 bits per heavy atom. The Hall–Kier alpha value is -1.09. The predicted octanol–water partition coefficient (Wildman–Crippen LogP) is 11.6. The second-order valence-corrected chi connectivity index (χ2v) is 11.7. The average Bonchev–Trinajstić information content (AvgIpc) is 2.93. The monoisotopic (exact) mass is 549 g/mol. The zero-order chi connectivity index (χ0) is 28.5. The van der Waals surface area contributed by atoms with E-state index in [4.69, 9.17) is 4.74 Å². The number of hydrogen-bond acceptors (Lipinski definition) is 3. The lowest BCUT2D eigenvalue weighted by Gasteiger charge is -2.07. The number of hydrogen-bond donors (Lipinski definition) is 1. The molecule has 0 aliphatic rings. The van der Waals surface area contributed by atoms with Crippen molar-refractivity contribution in [3.05, 3.63) is 24.3 Å². The summed E-state index contributed by atoms with van der Waals surface area (Å²) in [5.74, 6) is -0.0149. The second-order valence-electron chi connectivity index (χ2n) is 11.7. The van der Waals surface area contributed by atoms with Gasteiger partial charge in [-0.25, -0.2) is 0 Å². The van der Waals surface area contributed by atoms with E-state index in [-0.39, 0.29) is 12.1 Å². The molecule has 0 bridgehead atoms. The SMILES string of the molecule is CCCCCCCC/C=C\CCCCCCCCOC(=O)CCCCCCC/C=C\C[C@H](O)CCCCCC. The molecule has 0 amide bonds. The summed E-state index contributed by atoms with van der Waals surface area (Å²) in [5, 5.41) is 9.98. The molecule has 0 saturated heterocycles. The highest BCUT2D eigenvalue weighted by Crippen LogP contribution is 2.12. The van der Waals surface area contributed by atoms with Crippen molar-refractivity contribution >= 4 is 5.97 Å². The summed E-state index contributed by atoms with van der Waals surface area (Å²) >= 11 is 0. The van der Waals surface area contributed by atoms with Crippen LogP contribution in [0, 0.1) is 0 Å². The molecule has 0 rings (SSSR count). The van der Waals surface area contributed by atoms with Crippen LogP contribution in [0.5, 0.6) is 0 Å². The van der Waals surface area contributed by atoms with Crippen LogP contribution in [-0.4, -0.2) is 23.8 Å². The Labute approximate surface area is 244 Å². The van der Waals surface area contributed by atoms with Gasteiger partial charge in [0.2, 0.25) is 0 Å². The van der Waals surface area contributed by atoms with Crippen molar-refractivity contribution in [3.8, 4) is 0 Å². The van der Waals surface area contributed by atoms with E-state index in [1.54, 1.807) is 0 Å². The molecule has 3 heteroatoms. The fourth-order valence-electron chi connectivity index (χ4n) is 4.97. The van der Waals surface area contributed by atoms with E-state index >= 15 is 0 Å². The van der Waals surface area contributed by atoms with Gasteiger partial charge in [-0.15, -0.1) is 0 Å². The molecule has 0 fully saturated rings. The van der Waals surface area contributed by atoms with Gasteiger partial charge < -0.3 is 9.84 Å². The van der Waals surface area contributed by atoms with Gasteiger partial charge in [0.25, 0.3) is 0 Å². The van der Waals surface area contributed by atoms with Crippen LogP contribution < -0.4 is 0 Å². The molecule has 1 atom stereocenters. The van der Waals surface area contributed by atoms with Crippen LogP contribution in [0.1, 0.15) is 187 Å². The molecule has 1 N–H and O–H groups in total. The van der Waals surface area contributed by atoms with E-state index in [1.165, 1.54) is 122 Å². The lowest BCUT2D eigenvalue weighted by molar-refractivity contribution is -0.143. The topological polar surface area (TPSA) is 46.5 Å². The van der Waals surface area contributed by atoms with E-state index < -0.39 is 0 Å². The lowest BCUT2D eigenvalue weighted by atomic mass is 10.1. The van der Waals surface area contributed by atoms with Gasteiger partial charge in [-0.3, -0.25) is 4.79 Å². The minimum atomic E-state index is -0.167. The lowest BCUT2D eigenvalue weighted by Crippen LogP contribution is -2.05. The van der Waals surface area contributed by atoms with Gasteiger partial charge in [-0.1, -0.05) is 141 Å². The highest BCUT2D eigenvalue weighted by Gasteiger charge is 2.03. The minimum Gasteiger partial charge on any atom is -0.466 e. The Bertz CT molecular complexity index is 539. The van der Waals surface area contributed by atoms with Crippen molar-refractivity contribution in [2.24, 2.45) is 0 Å². The number of ether oxygens (including phenoxy) is 1. The van der Waals surface area contributed by atoms with E-state index in [1.807, 2.05) is 0 Å². The average molecular weight is 549 g/mol. The van der Waals surface area contributed by atoms with E-state index in [0.29, 0.717) is 13.0 Å². The first-order valence-corrected chi connectivity index (χ1v) is 17.3. The highest BCUT2D eigenvalue weighted by molar-refractivity contribution is 5.69. The van der Waals surface area contributed by atoms with Crippen LogP contribution >= 0.6 is 0 Å². The molecule has 0 aromatic carbocycles. The largest absolute Gasteiger partial charge is 0.466 e. The molecule has 0 spiro atoms. The quantitative estimate of drug-likeness (QED) is 0.0532. The molecule has 0 aliphatic heterocycles. The first-order chi connectivity index (χ1) is 19.2. The maximum Gasteiger partial charge on any atom is 0.305 e. The summed E-state index contributed by atoms with van der Waals surface area (Å²) < 4.78 is 5.41.